The van der Waals surface area contributed by atoms with Crippen LogP contribution in [0.4, 0.5) is 18.9 Å². The third-order valence-corrected chi connectivity index (χ3v) is 3.92. The van der Waals surface area contributed by atoms with Crippen molar-refractivity contribution in [3.8, 4) is 17.0 Å². The van der Waals surface area contributed by atoms with E-state index in [1.807, 2.05) is 0 Å². The highest BCUT2D eigenvalue weighted by atomic mass is 35.5. The quantitative estimate of drug-likeness (QED) is 0.588. The van der Waals surface area contributed by atoms with Crippen LogP contribution in [0.1, 0.15) is 10.5 Å². The minimum absolute atomic E-state index is 0.145. The Kier molecular flexibility index (Phi) is 5.29. The molecular weight excluding hydrogens is 406 g/mol. The molecule has 0 aliphatic rings. The molecule has 0 saturated heterocycles. The number of aromatic nitrogens is 2. The fourth-order valence-corrected chi connectivity index (χ4v) is 2.72. The van der Waals surface area contributed by atoms with E-state index in [2.05, 4.69) is 20.3 Å². The summed E-state index contributed by atoms with van der Waals surface area (Å²) >= 11 is 12.0. The summed E-state index contributed by atoms with van der Waals surface area (Å²) in [5.41, 5.74) is 1.46. The van der Waals surface area contributed by atoms with E-state index in [0.717, 1.165) is 12.1 Å². The number of anilines is 1. The molecule has 140 valence electrons. The van der Waals surface area contributed by atoms with Crippen molar-refractivity contribution < 1.29 is 22.7 Å². The van der Waals surface area contributed by atoms with Gasteiger partial charge < -0.3 is 10.1 Å². The fraction of sp³-hybridized carbons (Fsp3) is 0.0588. The molecule has 1 heterocycles. The maximum absolute atomic E-state index is 12.3. The Morgan fingerprint density at radius 1 is 1.07 bits per heavy atom. The number of hydrogen-bond acceptors (Lipinski definition) is 3. The first-order valence-corrected chi connectivity index (χ1v) is 8.15. The SMILES string of the molecule is O=C(Nc1ccc(OC(F)(F)F)cc1)c1cc(-c2ccc(Cl)cc2Cl)n[nH]1. The molecule has 1 aromatic heterocycles. The number of halogens is 5. The van der Waals surface area contributed by atoms with Crippen molar-refractivity contribution in [2.75, 3.05) is 5.32 Å². The number of nitrogens with one attached hydrogen (secondary N) is 2. The van der Waals surface area contributed by atoms with Gasteiger partial charge in [0.1, 0.15) is 11.4 Å². The molecular formula is C17H10Cl2F3N3O2. The van der Waals surface area contributed by atoms with Gasteiger partial charge in [0, 0.05) is 16.3 Å². The maximum Gasteiger partial charge on any atom is 0.573 e. The van der Waals surface area contributed by atoms with E-state index in [-0.39, 0.29) is 17.1 Å². The molecule has 3 rings (SSSR count). The van der Waals surface area contributed by atoms with Crippen molar-refractivity contribution >= 4 is 34.8 Å². The van der Waals surface area contributed by atoms with Gasteiger partial charge in [-0.2, -0.15) is 5.10 Å². The smallest absolute Gasteiger partial charge is 0.406 e. The van der Waals surface area contributed by atoms with E-state index in [4.69, 9.17) is 23.2 Å². The van der Waals surface area contributed by atoms with Gasteiger partial charge in [0.2, 0.25) is 0 Å². The molecule has 0 fully saturated rings. The molecule has 0 bridgehead atoms. The average molecular weight is 416 g/mol. The first-order chi connectivity index (χ1) is 12.7. The van der Waals surface area contributed by atoms with Crippen LogP contribution < -0.4 is 10.1 Å². The Hall–Kier alpha value is -2.71. The molecule has 27 heavy (non-hydrogen) atoms. The predicted octanol–water partition coefficient (Wildman–Crippen LogP) is 5.53. The topological polar surface area (TPSA) is 67.0 Å². The lowest BCUT2D eigenvalue weighted by atomic mass is 10.1. The van der Waals surface area contributed by atoms with Crippen molar-refractivity contribution in [2.45, 2.75) is 6.36 Å². The standard InChI is InChI=1S/C17H10Cl2F3N3O2/c18-9-1-6-12(13(19)7-9)14-8-15(25-24-14)16(26)23-10-2-4-11(5-3-10)27-17(20,21)22/h1-8H,(H,23,26)(H,24,25). The van der Waals surface area contributed by atoms with Gasteiger partial charge in [-0.15, -0.1) is 13.2 Å². The second-order valence-corrected chi connectivity index (χ2v) is 6.16. The number of carbonyl (C=O) groups excluding carboxylic acids is 1. The molecule has 0 spiro atoms. The lowest BCUT2D eigenvalue weighted by Gasteiger charge is -2.09. The molecule has 2 N–H and O–H groups in total. The van der Waals surface area contributed by atoms with Crippen LogP contribution in [0.15, 0.2) is 48.5 Å². The van der Waals surface area contributed by atoms with E-state index < -0.39 is 12.3 Å². The van der Waals surface area contributed by atoms with E-state index in [1.54, 1.807) is 18.2 Å². The molecule has 0 unspecified atom stereocenters. The average Bonchev–Trinajstić information content (AvgIpc) is 3.05. The summed E-state index contributed by atoms with van der Waals surface area (Å²) in [4.78, 5) is 12.3. The van der Waals surface area contributed by atoms with Crippen LogP contribution in [0.3, 0.4) is 0 Å². The number of benzene rings is 2. The Labute approximate surface area is 161 Å². The minimum Gasteiger partial charge on any atom is -0.406 e. The molecule has 5 nitrogen and oxygen atoms in total. The molecule has 0 saturated carbocycles. The number of H-pyrrole nitrogens is 1. The number of carbonyl (C=O) groups is 1. The van der Waals surface area contributed by atoms with Gasteiger partial charge in [-0.05, 0) is 48.5 Å². The van der Waals surface area contributed by atoms with Crippen LogP contribution in [-0.4, -0.2) is 22.5 Å². The van der Waals surface area contributed by atoms with E-state index >= 15 is 0 Å². The molecule has 10 heteroatoms. The van der Waals surface area contributed by atoms with E-state index in [0.29, 0.717) is 21.3 Å². The number of nitrogens with zero attached hydrogens (tertiary/aromatic N) is 1. The summed E-state index contributed by atoms with van der Waals surface area (Å²) in [5.74, 6) is -0.912. The molecule has 0 radical (unpaired) electrons. The van der Waals surface area contributed by atoms with Crippen LogP contribution in [0.25, 0.3) is 11.3 Å². The number of ether oxygens (including phenoxy) is 1. The van der Waals surface area contributed by atoms with Gasteiger partial charge in [-0.1, -0.05) is 23.2 Å². The highest BCUT2D eigenvalue weighted by Gasteiger charge is 2.31. The van der Waals surface area contributed by atoms with Crippen LogP contribution in [0.2, 0.25) is 10.0 Å². The van der Waals surface area contributed by atoms with Gasteiger partial charge >= 0.3 is 6.36 Å². The lowest BCUT2D eigenvalue weighted by molar-refractivity contribution is -0.274. The highest BCUT2D eigenvalue weighted by molar-refractivity contribution is 6.36. The normalized spacial score (nSPS) is 11.3. The molecule has 2 aromatic carbocycles. The van der Waals surface area contributed by atoms with Crippen molar-refractivity contribution in [2.24, 2.45) is 0 Å². The highest BCUT2D eigenvalue weighted by Crippen LogP contribution is 2.29. The number of alkyl halides is 3. The van der Waals surface area contributed by atoms with Gasteiger partial charge in [-0.25, -0.2) is 0 Å². The number of rotatable bonds is 4. The summed E-state index contributed by atoms with van der Waals surface area (Å²) in [6.07, 6.45) is -4.78. The van der Waals surface area contributed by atoms with Crippen LogP contribution >= 0.6 is 23.2 Å². The van der Waals surface area contributed by atoms with Crippen molar-refractivity contribution in [1.29, 1.82) is 0 Å². The summed E-state index contributed by atoms with van der Waals surface area (Å²) in [5, 5.41) is 10.00. The van der Waals surface area contributed by atoms with Crippen molar-refractivity contribution in [1.82, 2.24) is 10.2 Å². The zero-order valence-electron chi connectivity index (χ0n) is 13.3. The first-order valence-electron chi connectivity index (χ1n) is 7.39. The molecule has 0 aliphatic carbocycles. The lowest BCUT2D eigenvalue weighted by Crippen LogP contribution is -2.17. The summed E-state index contributed by atoms with van der Waals surface area (Å²) in [6, 6.07) is 11.1. The van der Waals surface area contributed by atoms with Gasteiger partial charge in [0.05, 0.1) is 10.7 Å². The maximum atomic E-state index is 12.3. The summed E-state index contributed by atoms with van der Waals surface area (Å²) < 4.78 is 40.2. The largest absolute Gasteiger partial charge is 0.573 e. The second-order valence-electron chi connectivity index (χ2n) is 5.32. The van der Waals surface area contributed by atoms with Gasteiger partial charge in [0.25, 0.3) is 5.91 Å². The molecule has 0 atom stereocenters. The minimum atomic E-state index is -4.78. The number of aromatic amines is 1. The Bertz CT molecular complexity index is 972. The zero-order valence-corrected chi connectivity index (χ0v) is 14.8. The summed E-state index contributed by atoms with van der Waals surface area (Å²) in [7, 11) is 0. The van der Waals surface area contributed by atoms with E-state index in [1.165, 1.54) is 18.2 Å². The Morgan fingerprint density at radius 2 is 1.78 bits per heavy atom. The van der Waals surface area contributed by atoms with Crippen LogP contribution in [0, 0.1) is 0 Å². The second kappa shape index (κ2) is 7.50. The Morgan fingerprint density at radius 3 is 2.41 bits per heavy atom. The molecule has 1 amide bonds. The predicted molar refractivity (Wildman–Crippen MR) is 95.1 cm³/mol. The summed E-state index contributed by atoms with van der Waals surface area (Å²) in [6.45, 7) is 0. The van der Waals surface area contributed by atoms with E-state index in [9.17, 15) is 18.0 Å². The third kappa shape index (κ3) is 4.93. The van der Waals surface area contributed by atoms with Gasteiger partial charge in [0.15, 0.2) is 0 Å². The zero-order chi connectivity index (χ0) is 19.6. The fourth-order valence-electron chi connectivity index (χ4n) is 2.21. The van der Waals surface area contributed by atoms with Crippen molar-refractivity contribution in [3.05, 3.63) is 64.3 Å². The number of amides is 1. The molecule has 0 aliphatic heterocycles. The van der Waals surface area contributed by atoms with Crippen LogP contribution in [-0.2, 0) is 0 Å². The monoisotopic (exact) mass is 415 g/mol. The number of hydrogen-bond donors (Lipinski definition) is 2. The first kappa shape index (κ1) is 19.1. The van der Waals surface area contributed by atoms with Crippen molar-refractivity contribution in [3.63, 3.8) is 0 Å². The Balaban J connectivity index is 1.71. The van der Waals surface area contributed by atoms with Gasteiger partial charge in [-0.3, -0.25) is 9.89 Å². The third-order valence-electron chi connectivity index (χ3n) is 3.38. The molecule has 3 aromatic rings. The van der Waals surface area contributed by atoms with Crippen LogP contribution in [0.5, 0.6) is 5.75 Å².